The molecule has 0 unspecified atom stereocenters. The molecule has 168 valence electrons. The van der Waals surface area contributed by atoms with E-state index in [0.717, 1.165) is 5.56 Å². The van der Waals surface area contributed by atoms with Crippen LogP contribution in [0.4, 0.5) is 10.6 Å². The third kappa shape index (κ3) is 4.23. The molecule has 1 saturated heterocycles. The van der Waals surface area contributed by atoms with Crippen LogP contribution in [-0.2, 0) is 20.8 Å². The first-order valence-electron chi connectivity index (χ1n) is 9.94. The number of imidazole rings is 1. The molecule has 32 heavy (non-hydrogen) atoms. The minimum absolute atomic E-state index is 0.0693. The maximum absolute atomic E-state index is 12.3. The summed E-state index contributed by atoms with van der Waals surface area (Å²) in [6, 6.07) is 9.72. The number of nitrogens with zero attached hydrogens (tertiary/aromatic N) is 4. The van der Waals surface area contributed by atoms with Gasteiger partial charge in [-0.25, -0.2) is 19.7 Å². The molecule has 0 radical (unpaired) electrons. The minimum atomic E-state index is -1.58. The first-order chi connectivity index (χ1) is 15.5. The first-order valence-corrected chi connectivity index (χ1v) is 9.94. The molecule has 2 aromatic heterocycles. The fraction of sp³-hybridized carbons (Fsp3) is 0.350. The van der Waals surface area contributed by atoms with Gasteiger partial charge >= 0.3 is 6.09 Å². The topological polar surface area (TPSA) is 161 Å². The third-order valence-corrected chi connectivity index (χ3v) is 4.93. The fourth-order valence-electron chi connectivity index (χ4n) is 3.39. The Labute approximate surface area is 182 Å². The number of amides is 2. The molecule has 4 N–H and O–H groups in total. The molecular weight excluding hydrogens is 420 g/mol. The van der Waals surface area contributed by atoms with Crippen molar-refractivity contribution >= 4 is 29.0 Å². The van der Waals surface area contributed by atoms with Crippen molar-refractivity contribution in [3.05, 3.63) is 48.5 Å². The molecule has 1 fully saturated rings. The van der Waals surface area contributed by atoms with E-state index in [-0.39, 0.29) is 6.61 Å². The second kappa shape index (κ2) is 9.26. The molecule has 0 saturated carbocycles. The smallest absolute Gasteiger partial charge is 0.413 e. The van der Waals surface area contributed by atoms with Crippen molar-refractivity contribution in [2.24, 2.45) is 0 Å². The summed E-state index contributed by atoms with van der Waals surface area (Å²) in [7, 11) is 0. The molecule has 0 aliphatic carbocycles. The summed E-state index contributed by atoms with van der Waals surface area (Å²) in [6.45, 7) is 2.16. The molecule has 3 heterocycles. The summed E-state index contributed by atoms with van der Waals surface area (Å²) in [5.41, 5.74) is 1.80. The Balaban J connectivity index is 1.53. The van der Waals surface area contributed by atoms with Crippen molar-refractivity contribution in [3.8, 4) is 0 Å². The Morgan fingerprint density at radius 2 is 1.94 bits per heavy atom. The normalized spacial score (nSPS) is 22.6. The lowest BCUT2D eigenvalue weighted by atomic mass is 10.1. The number of aliphatic hydroxyl groups is 2. The van der Waals surface area contributed by atoms with E-state index in [2.05, 4.69) is 25.0 Å². The number of imide groups is 1. The number of aliphatic hydroxyl groups excluding tert-OH is 2. The van der Waals surface area contributed by atoms with Crippen molar-refractivity contribution in [2.45, 2.75) is 38.0 Å². The van der Waals surface area contributed by atoms with Crippen molar-refractivity contribution < 1.29 is 29.3 Å². The summed E-state index contributed by atoms with van der Waals surface area (Å²) < 4.78 is 11.6. The van der Waals surface area contributed by atoms with Gasteiger partial charge in [0.15, 0.2) is 29.3 Å². The molecule has 1 aromatic carbocycles. The van der Waals surface area contributed by atoms with Gasteiger partial charge in [0, 0.05) is 6.54 Å². The number of ether oxygens (including phenoxy) is 2. The zero-order chi connectivity index (χ0) is 22.7. The average Bonchev–Trinajstić information content (AvgIpc) is 3.34. The van der Waals surface area contributed by atoms with Crippen LogP contribution in [0.15, 0.2) is 43.0 Å². The SMILES string of the molecule is CCOC(=O)NC(=O)[C@H]1O[C@@H](n2cnc3c(NCc4ccccc4)ncnc32)[C@H](O)[C@@H]1O. The molecule has 12 heteroatoms. The molecule has 1 aliphatic rings. The van der Waals surface area contributed by atoms with Gasteiger partial charge in [0.2, 0.25) is 0 Å². The molecule has 0 spiro atoms. The van der Waals surface area contributed by atoms with Crippen molar-refractivity contribution in [1.29, 1.82) is 0 Å². The van der Waals surface area contributed by atoms with E-state index >= 15 is 0 Å². The van der Waals surface area contributed by atoms with Crippen LogP contribution in [-0.4, -0.2) is 66.7 Å². The summed E-state index contributed by atoms with van der Waals surface area (Å²) in [6.07, 6.45) is -3.97. The molecule has 4 rings (SSSR count). The lowest BCUT2D eigenvalue weighted by Crippen LogP contribution is -2.45. The van der Waals surface area contributed by atoms with Gasteiger partial charge in [-0.1, -0.05) is 30.3 Å². The molecule has 3 aromatic rings. The first kappa shape index (κ1) is 21.6. The molecule has 1 aliphatic heterocycles. The number of anilines is 1. The summed E-state index contributed by atoms with van der Waals surface area (Å²) in [5.74, 6) is -0.455. The van der Waals surface area contributed by atoms with Gasteiger partial charge in [0.1, 0.15) is 18.5 Å². The lowest BCUT2D eigenvalue weighted by molar-refractivity contribution is -0.136. The van der Waals surface area contributed by atoms with E-state index in [1.165, 1.54) is 17.2 Å². The van der Waals surface area contributed by atoms with Crippen LogP contribution >= 0.6 is 0 Å². The number of alkyl carbamates (subject to hydrolysis) is 1. The van der Waals surface area contributed by atoms with Crippen LogP contribution in [0.1, 0.15) is 18.7 Å². The highest BCUT2D eigenvalue weighted by Crippen LogP contribution is 2.32. The molecule has 4 atom stereocenters. The fourth-order valence-corrected chi connectivity index (χ4v) is 3.39. The highest BCUT2D eigenvalue weighted by atomic mass is 16.6. The van der Waals surface area contributed by atoms with Gasteiger partial charge in [-0.15, -0.1) is 0 Å². The monoisotopic (exact) mass is 442 g/mol. The van der Waals surface area contributed by atoms with E-state index in [0.29, 0.717) is 23.5 Å². The Kier molecular flexibility index (Phi) is 6.25. The van der Waals surface area contributed by atoms with Crippen LogP contribution in [0, 0.1) is 0 Å². The highest BCUT2D eigenvalue weighted by molar-refractivity contribution is 5.95. The van der Waals surface area contributed by atoms with E-state index in [4.69, 9.17) is 4.74 Å². The van der Waals surface area contributed by atoms with Crippen LogP contribution in [0.3, 0.4) is 0 Å². The van der Waals surface area contributed by atoms with E-state index in [1.54, 1.807) is 6.92 Å². The van der Waals surface area contributed by atoms with E-state index in [9.17, 15) is 19.8 Å². The Morgan fingerprint density at radius 3 is 2.69 bits per heavy atom. The Morgan fingerprint density at radius 1 is 1.16 bits per heavy atom. The second-order valence-corrected chi connectivity index (χ2v) is 7.02. The minimum Gasteiger partial charge on any atom is -0.450 e. The number of benzene rings is 1. The summed E-state index contributed by atoms with van der Waals surface area (Å²) >= 11 is 0. The quantitative estimate of drug-likeness (QED) is 0.419. The third-order valence-electron chi connectivity index (χ3n) is 4.93. The largest absolute Gasteiger partial charge is 0.450 e. The van der Waals surface area contributed by atoms with Crippen LogP contribution in [0.25, 0.3) is 11.2 Å². The predicted octanol–water partition coefficient (Wildman–Crippen LogP) is 0.330. The lowest BCUT2D eigenvalue weighted by Gasteiger charge is -2.16. The van der Waals surface area contributed by atoms with Crippen molar-refractivity contribution in [3.63, 3.8) is 0 Å². The maximum Gasteiger partial charge on any atom is 0.413 e. The number of aromatic nitrogens is 4. The Hall–Kier alpha value is -3.61. The number of hydrogen-bond donors (Lipinski definition) is 4. The highest BCUT2D eigenvalue weighted by Gasteiger charge is 2.48. The zero-order valence-electron chi connectivity index (χ0n) is 17.1. The standard InChI is InChI=1S/C20H22N6O6/c1-2-31-20(30)25-18(29)15-13(27)14(28)19(32-15)26-10-24-12-16(22-9-23-17(12)26)21-8-11-6-4-3-5-7-11/h3-7,9-10,13-15,19,27-28H,2,8H2,1H3,(H,21,22,23)(H,25,29,30)/t13-,14+,15-,19+/m0/s1. The molecule has 12 nitrogen and oxygen atoms in total. The molecule has 2 amide bonds. The summed E-state index contributed by atoms with van der Waals surface area (Å²) in [5, 5.41) is 26.0. The number of fused-ring (bicyclic) bond motifs is 1. The van der Waals surface area contributed by atoms with E-state index in [1.807, 2.05) is 35.6 Å². The van der Waals surface area contributed by atoms with Crippen LogP contribution in [0.2, 0.25) is 0 Å². The van der Waals surface area contributed by atoms with Gasteiger partial charge in [-0.3, -0.25) is 14.7 Å². The molecule has 0 bridgehead atoms. The average molecular weight is 442 g/mol. The van der Waals surface area contributed by atoms with Gasteiger partial charge in [0.05, 0.1) is 12.9 Å². The van der Waals surface area contributed by atoms with Gasteiger partial charge in [-0.05, 0) is 12.5 Å². The van der Waals surface area contributed by atoms with Gasteiger partial charge < -0.3 is 25.0 Å². The predicted molar refractivity (Wildman–Crippen MR) is 110 cm³/mol. The summed E-state index contributed by atoms with van der Waals surface area (Å²) in [4.78, 5) is 36.5. The number of carbonyl (C=O) groups excluding carboxylic acids is 2. The van der Waals surface area contributed by atoms with Crippen molar-refractivity contribution in [2.75, 3.05) is 11.9 Å². The van der Waals surface area contributed by atoms with Crippen molar-refractivity contribution in [1.82, 2.24) is 24.8 Å². The van der Waals surface area contributed by atoms with Crippen LogP contribution < -0.4 is 10.6 Å². The number of nitrogens with one attached hydrogen (secondary N) is 2. The van der Waals surface area contributed by atoms with E-state index < -0.39 is 36.5 Å². The van der Waals surface area contributed by atoms with Crippen LogP contribution in [0.5, 0.6) is 0 Å². The number of hydrogen-bond acceptors (Lipinski definition) is 10. The van der Waals surface area contributed by atoms with Gasteiger partial charge in [0.25, 0.3) is 5.91 Å². The second-order valence-electron chi connectivity index (χ2n) is 7.02. The maximum atomic E-state index is 12.3. The van der Waals surface area contributed by atoms with Gasteiger partial charge in [-0.2, -0.15) is 0 Å². The number of carbonyl (C=O) groups is 2. The zero-order valence-corrected chi connectivity index (χ0v) is 17.1. The number of rotatable bonds is 6. The molecular formula is C20H22N6O6. The Bertz CT molecular complexity index is 1110.